The molecule has 6 heteroatoms. The Morgan fingerprint density at radius 1 is 1.30 bits per heavy atom. The van der Waals surface area contributed by atoms with Crippen molar-refractivity contribution in [2.75, 3.05) is 6.54 Å². The lowest BCUT2D eigenvalue weighted by Gasteiger charge is -2.16. The molecule has 2 rings (SSSR count). The van der Waals surface area contributed by atoms with Crippen LogP contribution in [0, 0.1) is 11.8 Å². The number of rotatable bonds is 4. The molecular formula is C14H15Cl2NO3. The maximum Gasteiger partial charge on any atom is 0.306 e. The third-order valence-corrected chi connectivity index (χ3v) is 4.24. The van der Waals surface area contributed by atoms with Crippen molar-refractivity contribution < 1.29 is 14.7 Å². The molecule has 0 saturated heterocycles. The first-order valence-corrected chi connectivity index (χ1v) is 7.20. The fourth-order valence-electron chi connectivity index (χ4n) is 2.60. The summed E-state index contributed by atoms with van der Waals surface area (Å²) >= 11 is 11.8. The number of aliphatic carboxylic acids is 1. The van der Waals surface area contributed by atoms with Gasteiger partial charge in [-0.2, -0.15) is 0 Å². The molecule has 108 valence electrons. The van der Waals surface area contributed by atoms with Gasteiger partial charge in [0.05, 0.1) is 16.5 Å². The number of carboxylic acids is 1. The lowest BCUT2D eigenvalue weighted by Crippen LogP contribution is -2.33. The Balaban J connectivity index is 1.98. The van der Waals surface area contributed by atoms with Crippen LogP contribution in [0.3, 0.4) is 0 Å². The summed E-state index contributed by atoms with van der Waals surface area (Å²) in [6.45, 7) is 0.346. The van der Waals surface area contributed by atoms with Crippen LogP contribution in [0.4, 0.5) is 0 Å². The molecule has 0 aliphatic heterocycles. The molecule has 1 aromatic rings. The number of carbonyl (C=O) groups excluding carboxylic acids is 1. The number of halogens is 2. The van der Waals surface area contributed by atoms with Crippen molar-refractivity contribution in [3.63, 3.8) is 0 Å². The van der Waals surface area contributed by atoms with Gasteiger partial charge in [0.1, 0.15) is 0 Å². The number of benzene rings is 1. The lowest BCUT2D eigenvalue weighted by atomic mass is 9.96. The lowest BCUT2D eigenvalue weighted by molar-refractivity contribution is -0.142. The van der Waals surface area contributed by atoms with E-state index in [-0.39, 0.29) is 17.7 Å². The maximum absolute atomic E-state index is 12.0. The first-order chi connectivity index (χ1) is 9.49. The summed E-state index contributed by atoms with van der Waals surface area (Å²) < 4.78 is 0. The number of hydrogen-bond acceptors (Lipinski definition) is 2. The molecule has 1 aliphatic rings. The number of nitrogens with one attached hydrogen (secondary N) is 1. The van der Waals surface area contributed by atoms with Crippen molar-refractivity contribution >= 4 is 35.1 Å². The third-order valence-electron chi connectivity index (χ3n) is 3.67. The first-order valence-electron chi connectivity index (χ1n) is 6.45. The summed E-state index contributed by atoms with van der Waals surface area (Å²) in [5.74, 6) is -1.50. The molecule has 20 heavy (non-hydrogen) atoms. The van der Waals surface area contributed by atoms with Gasteiger partial charge in [0.15, 0.2) is 0 Å². The van der Waals surface area contributed by atoms with Gasteiger partial charge < -0.3 is 10.4 Å². The van der Waals surface area contributed by atoms with E-state index in [0.717, 1.165) is 12.8 Å². The molecule has 2 atom stereocenters. The van der Waals surface area contributed by atoms with Crippen molar-refractivity contribution in [2.45, 2.75) is 19.3 Å². The van der Waals surface area contributed by atoms with Gasteiger partial charge in [-0.15, -0.1) is 0 Å². The van der Waals surface area contributed by atoms with Crippen molar-refractivity contribution in [1.29, 1.82) is 0 Å². The van der Waals surface area contributed by atoms with Gasteiger partial charge in [0.25, 0.3) is 5.91 Å². The van der Waals surface area contributed by atoms with Crippen LogP contribution in [0.1, 0.15) is 29.6 Å². The van der Waals surface area contributed by atoms with E-state index in [9.17, 15) is 9.59 Å². The highest BCUT2D eigenvalue weighted by Crippen LogP contribution is 2.31. The van der Waals surface area contributed by atoms with E-state index in [1.165, 1.54) is 6.07 Å². The maximum atomic E-state index is 12.0. The van der Waals surface area contributed by atoms with Gasteiger partial charge in [-0.3, -0.25) is 9.59 Å². The quantitative estimate of drug-likeness (QED) is 0.896. The second-order valence-electron chi connectivity index (χ2n) is 4.97. The van der Waals surface area contributed by atoms with E-state index in [1.54, 1.807) is 12.1 Å². The van der Waals surface area contributed by atoms with Gasteiger partial charge in [-0.05, 0) is 37.0 Å². The minimum atomic E-state index is -0.789. The van der Waals surface area contributed by atoms with Gasteiger partial charge in [0.2, 0.25) is 0 Å². The normalized spacial score (nSPS) is 21.7. The number of carbonyl (C=O) groups is 2. The molecule has 0 bridgehead atoms. The second-order valence-corrected chi connectivity index (χ2v) is 5.81. The SMILES string of the molecule is O=C(NCC1CCCC1C(=O)O)c1cc(Cl)ccc1Cl. The Bertz CT molecular complexity index is 533. The highest BCUT2D eigenvalue weighted by Gasteiger charge is 2.32. The molecule has 1 fully saturated rings. The Hall–Kier alpha value is -1.26. The van der Waals surface area contributed by atoms with Crippen molar-refractivity contribution in [2.24, 2.45) is 11.8 Å². The van der Waals surface area contributed by atoms with E-state index in [0.29, 0.717) is 28.6 Å². The molecule has 0 radical (unpaired) electrons. The molecule has 1 aliphatic carbocycles. The first kappa shape index (κ1) is 15.1. The monoisotopic (exact) mass is 315 g/mol. The summed E-state index contributed by atoms with van der Waals surface area (Å²) in [5, 5.41) is 12.6. The van der Waals surface area contributed by atoms with Crippen LogP contribution in [-0.2, 0) is 4.79 Å². The van der Waals surface area contributed by atoms with Crippen molar-refractivity contribution in [1.82, 2.24) is 5.32 Å². The van der Waals surface area contributed by atoms with Gasteiger partial charge in [-0.25, -0.2) is 0 Å². The molecule has 0 aromatic heterocycles. The highest BCUT2D eigenvalue weighted by molar-refractivity contribution is 6.35. The summed E-state index contributed by atoms with van der Waals surface area (Å²) in [4.78, 5) is 23.1. The highest BCUT2D eigenvalue weighted by atomic mass is 35.5. The van der Waals surface area contributed by atoms with Crippen LogP contribution in [-0.4, -0.2) is 23.5 Å². The molecular weight excluding hydrogens is 301 g/mol. The summed E-state index contributed by atoms with van der Waals surface area (Å²) in [7, 11) is 0. The van der Waals surface area contributed by atoms with Crippen molar-refractivity contribution in [3.8, 4) is 0 Å². The Morgan fingerprint density at radius 2 is 2.05 bits per heavy atom. The molecule has 0 heterocycles. The molecule has 0 spiro atoms. The minimum absolute atomic E-state index is 0.0191. The molecule has 1 saturated carbocycles. The molecule has 4 nitrogen and oxygen atoms in total. The molecule has 1 aromatic carbocycles. The Morgan fingerprint density at radius 3 is 2.75 bits per heavy atom. The smallest absolute Gasteiger partial charge is 0.306 e. The predicted molar refractivity (Wildman–Crippen MR) is 77.3 cm³/mol. The Labute approximate surface area is 127 Å². The van der Waals surface area contributed by atoms with Crippen molar-refractivity contribution in [3.05, 3.63) is 33.8 Å². The number of amides is 1. The van der Waals surface area contributed by atoms with Crippen LogP contribution >= 0.6 is 23.2 Å². The van der Waals surface area contributed by atoms with Crippen LogP contribution in [0.2, 0.25) is 10.0 Å². The van der Waals surface area contributed by atoms with E-state index >= 15 is 0 Å². The van der Waals surface area contributed by atoms with Gasteiger partial charge in [0, 0.05) is 11.6 Å². The molecule has 2 N–H and O–H groups in total. The van der Waals surface area contributed by atoms with Crippen LogP contribution in [0.25, 0.3) is 0 Å². The van der Waals surface area contributed by atoms with Crippen LogP contribution in [0.15, 0.2) is 18.2 Å². The van der Waals surface area contributed by atoms with Gasteiger partial charge >= 0.3 is 5.97 Å². The zero-order chi connectivity index (χ0) is 14.7. The van der Waals surface area contributed by atoms with E-state index < -0.39 is 5.97 Å². The number of hydrogen-bond donors (Lipinski definition) is 2. The average Bonchev–Trinajstić information content (AvgIpc) is 2.87. The van der Waals surface area contributed by atoms with Crippen LogP contribution < -0.4 is 5.32 Å². The minimum Gasteiger partial charge on any atom is -0.481 e. The van der Waals surface area contributed by atoms with E-state index in [1.807, 2.05) is 0 Å². The molecule has 2 unspecified atom stereocenters. The third kappa shape index (κ3) is 3.44. The molecule has 1 amide bonds. The second kappa shape index (κ2) is 6.46. The topological polar surface area (TPSA) is 66.4 Å². The fourth-order valence-corrected chi connectivity index (χ4v) is 2.97. The average molecular weight is 316 g/mol. The fraction of sp³-hybridized carbons (Fsp3) is 0.429. The predicted octanol–water partition coefficient (Wildman–Crippen LogP) is 3.22. The summed E-state index contributed by atoms with van der Waals surface area (Å²) in [6, 6.07) is 4.68. The van der Waals surface area contributed by atoms with E-state index in [4.69, 9.17) is 28.3 Å². The van der Waals surface area contributed by atoms with Gasteiger partial charge in [-0.1, -0.05) is 29.6 Å². The van der Waals surface area contributed by atoms with E-state index in [2.05, 4.69) is 5.32 Å². The zero-order valence-electron chi connectivity index (χ0n) is 10.7. The van der Waals surface area contributed by atoms with Crippen LogP contribution in [0.5, 0.6) is 0 Å². The zero-order valence-corrected chi connectivity index (χ0v) is 12.2. The Kier molecular flexibility index (Phi) is 4.89. The number of carboxylic acid groups (broad SMARTS) is 1. The largest absolute Gasteiger partial charge is 0.481 e. The standard InChI is InChI=1S/C14H15Cl2NO3/c15-9-4-5-12(16)11(6-9)13(18)17-7-8-2-1-3-10(8)14(19)20/h4-6,8,10H,1-3,7H2,(H,17,18)(H,19,20). The summed E-state index contributed by atoms with van der Waals surface area (Å²) in [6.07, 6.45) is 2.38. The summed E-state index contributed by atoms with van der Waals surface area (Å²) in [5.41, 5.74) is 0.309.